The van der Waals surface area contributed by atoms with E-state index in [0.29, 0.717) is 18.8 Å². The first-order valence-corrected chi connectivity index (χ1v) is 8.58. The smallest absolute Gasteiger partial charge is 0.241 e. The highest BCUT2D eigenvalue weighted by atomic mass is 19.1. The van der Waals surface area contributed by atoms with E-state index in [0.717, 1.165) is 0 Å². The summed E-state index contributed by atoms with van der Waals surface area (Å²) < 4.78 is 13.2. The standard InChI is InChI=1S/C21H24FN3O/c1-16-5-6-18(17(2)13-16)14-24(3)15-21(26)25(12-4-11-23)20-9-7-19(22)8-10-20/h5-10,13H,4,12,14-15H2,1-3H3. The van der Waals surface area contributed by atoms with Crippen LogP contribution in [0.4, 0.5) is 10.1 Å². The summed E-state index contributed by atoms with van der Waals surface area (Å²) in [4.78, 5) is 16.2. The molecule has 0 atom stereocenters. The van der Waals surface area contributed by atoms with Gasteiger partial charge in [-0.05, 0) is 56.3 Å². The van der Waals surface area contributed by atoms with Crippen LogP contribution in [0.1, 0.15) is 23.1 Å². The van der Waals surface area contributed by atoms with Gasteiger partial charge in [0.1, 0.15) is 5.82 Å². The van der Waals surface area contributed by atoms with Gasteiger partial charge in [-0.3, -0.25) is 9.69 Å². The molecule has 2 aromatic carbocycles. The lowest BCUT2D eigenvalue weighted by molar-refractivity contribution is -0.119. The zero-order valence-electron chi connectivity index (χ0n) is 15.5. The summed E-state index contributed by atoms with van der Waals surface area (Å²) in [7, 11) is 1.89. The SMILES string of the molecule is Cc1ccc(CN(C)CC(=O)N(CCC#N)c2ccc(F)cc2)c(C)c1. The molecule has 0 unspecified atom stereocenters. The monoisotopic (exact) mass is 353 g/mol. The number of likely N-dealkylation sites (N-methyl/N-ethyl adjacent to an activating group) is 1. The molecule has 0 heterocycles. The molecule has 0 aliphatic carbocycles. The molecule has 0 aliphatic rings. The van der Waals surface area contributed by atoms with E-state index in [1.165, 1.54) is 28.8 Å². The number of nitriles is 1. The molecule has 5 heteroatoms. The van der Waals surface area contributed by atoms with Crippen molar-refractivity contribution in [2.45, 2.75) is 26.8 Å². The quantitative estimate of drug-likeness (QED) is 0.760. The Balaban J connectivity index is 2.07. The first-order chi connectivity index (χ1) is 12.4. The molecule has 0 spiro atoms. The van der Waals surface area contributed by atoms with Gasteiger partial charge in [-0.1, -0.05) is 23.8 Å². The molecule has 2 aromatic rings. The van der Waals surface area contributed by atoms with Crippen LogP contribution in [0.3, 0.4) is 0 Å². The maximum atomic E-state index is 13.2. The minimum absolute atomic E-state index is 0.112. The fourth-order valence-corrected chi connectivity index (χ4v) is 2.87. The van der Waals surface area contributed by atoms with Crippen molar-refractivity contribution in [1.82, 2.24) is 4.90 Å². The second-order valence-corrected chi connectivity index (χ2v) is 6.53. The van der Waals surface area contributed by atoms with Gasteiger partial charge in [-0.15, -0.1) is 0 Å². The molecule has 0 radical (unpaired) electrons. The first-order valence-electron chi connectivity index (χ1n) is 8.58. The first kappa shape index (κ1) is 19.6. The molecule has 0 bridgehead atoms. The number of anilines is 1. The van der Waals surface area contributed by atoms with Crippen LogP contribution in [0.5, 0.6) is 0 Å². The number of benzene rings is 2. The van der Waals surface area contributed by atoms with E-state index >= 15 is 0 Å². The van der Waals surface area contributed by atoms with Gasteiger partial charge in [0.25, 0.3) is 0 Å². The third kappa shape index (κ3) is 5.40. The molecular formula is C21H24FN3O. The van der Waals surface area contributed by atoms with E-state index in [2.05, 4.69) is 38.1 Å². The second-order valence-electron chi connectivity index (χ2n) is 6.53. The molecule has 1 amide bonds. The fraction of sp³-hybridized carbons (Fsp3) is 0.333. The lowest BCUT2D eigenvalue weighted by atomic mass is 10.1. The highest BCUT2D eigenvalue weighted by Gasteiger charge is 2.18. The van der Waals surface area contributed by atoms with Gasteiger partial charge in [0.2, 0.25) is 5.91 Å². The van der Waals surface area contributed by atoms with Crippen LogP contribution in [0, 0.1) is 31.0 Å². The normalized spacial score (nSPS) is 10.6. The number of aryl methyl sites for hydroxylation is 2. The molecule has 0 aromatic heterocycles. The molecule has 26 heavy (non-hydrogen) atoms. The van der Waals surface area contributed by atoms with Gasteiger partial charge in [-0.2, -0.15) is 5.26 Å². The number of hydrogen-bond acceptors (Lipinski definition) is 3. The highest BCUT2D eigenvalue weighted by Crippen LogP contribution is 2.17. The number of hydrogen-bond donors (Lipinski definition) is 0. The number of amides is 1. The number of rotatable bonds is 7. The van der Waals surface area contributed by atoms with E-state index in [1.54, 1.807) is 17.0 Å². The van der Waals surface area contributed by atoms with E-state index in [4.69, 9.17) is 5.26 Å². The zero-order valence-corrected chi connectivity index (χ0v) is 15.5. The Kier molecular flexibility index (Phi) is 6.88. The average molecular weight is 353 g/mol. The molecule has 4 nitrogen and oxygen atoms in total. The number of carbonyl (C=O) groups excluding carboxylic acids is 1. The van der Waals surface area contributed by atoms with Crippen LogP contribution in [0.25, 0.3) is 0 Å². The molecule has 0 aliphatic heterocycles. The molecule has 0 N–H and O–H groups in total. The Labute approximate surface area is 154 Å². The summed E-state index contributed by atoms with van der Waals surface area (Å²) >= 11 is 0. The summed E-state index contributed by atoms with van der Waals surface area (Å²) in [6.07, 6.45) is 0.226. The van der Waals surface area contributed by atoms with Crippen LogP contribution < -0.4 is 4.90 Å². The summed E-state index contributed by atoms with van der Waals surface area (Å²) in [6, 6.07) is 14.1. The van der Waals surface area contributed by atoms with E-state index in [1.807, 2.05) is 11.9 Å². The molecule has 0 saturated heterocycles. The van der Waals surface area contributed by atoms with Crippen LogP contribution in [-0.4, -0.2) is 30.9 Å². The van der Waals surface area contributed by atoms with Crippen molar-refractivity contribution >= 4 is 11.6 Å². The summed E-state index contributed by atoms with van der Waals surface area (Å²) in [5.41, 5.74) is 4.19. The van der Waals surface area contributed by atoms with E-state index in [-0.39, 0.29) is 24.7 Å². The van der Waals surface area contributed by atoms with Crippen molar-refractivity contribution in [2.24, 2.45) is 0 Å². The van der Waals surface area contributed by atoms with E-state index in [9.17, 15) is 9.18 Å². The Bertz CT molecular complexity index is 796. The second kappa shape index (κ2) is 9.12. The summed E-state index contributed by atoms with van der Waals surface area (Å²) in [5, 5.41) is 8.86. The molecule has 0 fully saturated rings. The molecular weight excluding hydrogens is 329 g/mol. The van der Waals surface area contributed by atoms with Gasteiger partial charge in [-0.25, -0.2) is 4.39 Å². The minimum Gasteiger partial charge on any atom is -0.310 e. The van der Waals surface area contributed by atoms with Crippen molar-refractivity contribution in [3.63, 3.8) is 0 Å². The van der Waals surface area contributed by atoms with Crippen LogP contribution in [-0.2, 0) is 11.3 Å². The number of carbonyl (C=O) groups is 1. The van der Waals surface area contributed by atoms with Crippen molar-refractivity contribution in [1.29, 1.82) is 5.26 Å². The topological polar surface area (TPSA) is 47.3 Å². The average Bonchev–Trinajstić information content (AvgIpc) is 2.59. The van der Waals surface area contributed by atoms with Gasteiger partial charge in [0.05, 0.1) is 19.0 Å². The predicted molar refractivity (Wildman–Crippen MR) is 101 cm³/mol. The van der Waals surface area contributed by atoms with Crippen molar-refractivity contribution in [3.8, 4) is 6.07 Å². The largest absolute Gasteiger partial charge is 0.310 e. The summed E-state index contributed by atoms with van der Waals surface area (Å²) in [5.74, 6) is -0.465. The Morgan fingerprint density at radius 1 is 1.15 bits per heavy atom. The summed E-state index contributed by atoms with van der Waals surface area (Å²) in [6.45, 7) is 5.29. The molecule has 136 valence electrons. The van der Waals surface area contributed by atoms with Crippen molar-refractivity contribution in [2.75, 3.05) is 25.0 Å². The maximum absolute atomic E-state index is 13.2. The van der Waals surface area contributed by atoms with Crippen LogP contribution in [0.15, 0.2) is 42.5 Å². The van der Waals surface area contributed by atoms with Crippen LogP contribution >= 0.6 is 0 Å². The molecule has 0 saturated carbocycles. The van der Waals surface area contributed by atoms with Gasteiger partial charge < -0.3 is 4.90 Å². The Morgan fingerprint density at radius 3 is 2.46 bits per heavy atom. The number of halogens is 1. The Hall–Kier alpha value is -2.71. The van der Waals surface area contributed by atoms with Crippen LogP contribution in [0.2, 0.25) is 0 Å². The third-order valence-electron chi connectivity index (χ3n) is 4.23. The highest BCUT2D eigenvalue weighted by molar-refractivity contribution is 5.94. The maximum Gasteiger partial charge on any atom is 0.241 e. The minimum atomic E-state index is -0.353. The lowest BCUT2D eigenvalue weighted by Crippen LogP contribution is -2.39. The van der Waals surface area contributed by atoms with Gasteiger partial charge >= 0.3 is 0 Å². The zero-order chi connectivity index (χ0) is 19.1. The van der Waals surface area contributed by atoms with Gasteiger partial charge in [0, 0.05) is 18.8 Å². The Morgan fingerprint density at radius 2 is 1.85 bits per heavy atom. The lowest BCUT2D eigenvalue weighted by Gasteiger charge is -2.25. The van der Waals surface area contributed by atoms with Crippen molar-refractivity contribution in [3.05, 3.63) is 65.0 Å². The van der Waals surface area contributed by atoms with Crippen molar-refractivity contribution < 1.29 is 9.18 Å². The number of nitrogens with zero attached hydrogens (tertiary/aromatic N) is 3. The predicted octanol–water partition coefficient (Wildman–Crippen LogP) is 3.82. The van der Waals surface area contributed by atoms with E-state index < -0.39 is 0 Å². The fourth-order valence-electron chi connectivity index (χ4n) is 2.87. The molecule has 2 rings (SSSR count). The third-order valence-corrected chi connectivity index (χ3v) is 4.23. The van der Waals surface area contributed by atoms with Gasteiger partial charge in [0.15, 0.2) is 0 Å².